The highest BCUT2D eigenvalue weighted by Crippen LogP contribution is 2.41. The van der Waals surface area contributed by atoms with Gasteiger partial charge in [-0.05, 0) is 13.0 Å². The van der Waals surface area contributed by atoms with Gasteiger partial charge >= 0.3 is 0 Å². The highest BCUT2D eigenvalue weighted by Gasteiger charge is 2.42. The minimum Gasteiger partial charge on any atom is -0.385 e. The molecule has 0 spiro atoms. The highest BCUT2D eigenvalue weighted by molar-refractivity contribution is 6.42. The van der Waals surface area contributed by atoms with Crippen molar-refractivity contribution >= 4 is 23.2 Å². The minimum atomic E-state index is -0.803. The Bertz CT molecular complexity index is 425. The molecule has 1 aliphatic rings. The van der Waals surface area contributed by atoms with Crippen molar-refractivity contribution in [2.45, 2.75) is 31.5 Å². The van der Waals surface area contributed by atoms with E-state index in [1.165, 1.54) is 0 Å². The molecule has 0 aliphatic carbocycles. The SMILES string of the molecule is CCOC1(C(O)c2cccc(Cl)c2Cl)CCOCC1. The van der Waals surface area contributed by atoms with Gasteiger partial charge in [-0.15, -0.1) is 0 Å². The van der Waals surface area contributed by atoms with E-state index >= 15 is 0 Å². The second kappa shape index (κ2) is 6.42. The molecule has 106 valence electrons. The molecule has 1 aromatic rings. The first kappa shape index (κ1) is 15.1. The first-order valence-electron chi connectivity index (χ1n) is 6.44. The van der Waals surface area contributed by atoms with Gasteiger partial charge in [-0.3, -0.25) is 0 Å². The molecule has 1 N–H and O–H groups in total. The largest absolute Gasteiger partial charge is 0.385 e. The van der Waals surface area contributed by atoms with Crippen LogP contribution in [0.1, 0.15) is 31.4 Å². The fourth-order valence-electron chi connectivity index (χ4n) is 2.52. The lowest BCUT2D eigenvalue weighted by atomic mass is 9.84. The van der Waals surface area contributed by atoms with E-state index < -0.39 is 11.7 Å². The van der Waals surface area contributed by atoms with E-state index in [0.717, 1.165) is 0 Å². The lowest BCUT2D eigenvalue weighted by Crippen LogP contribution is -2.44. The van der Waals surface area contributed by atoms with E-state index in [9.17, 15) is 5.11 Å². The van der Waals surface area contributed by atoms with Crippen molar-refractivity contribution in [2.24, 2.45) is 0 Å². The quantitative estimate of drug-likeness (QED) is 0.923. The molecular formula is C14H18Cl2O3. The molecule has 1 heterocycles. The standard InChI is InChI=1S/C14H18Cl2O3/c1-2-19-14(6-8-18-9-7-14)13(17)10-4-3-5-11(15)12(10)16/h3-5,13,17H,2,6-9H2,1H3. The number of ether oxygens (including phenoxy) is 2. The first-order chi connectivity index (χ1) is 9.10. The van der Waals surface area contributed by atoms with Gasteiger partial charge in [0.15, 0.2) is 0 Å². The number of rotatable bonds is 4. The van der Waals surface area contributed by atoms with Crippen molar-refractivity contribution in [1.82, 2.24) is 0 Å². The first-order valence-corrected chi connectivity index (χ1v) is 7.20. The number of aliphatic hydroxyl groups is 1. The summed E-state index contributed by atoms with van der Waals surface area (Å²) in [6.07, 6.45) is 0.484. The Morgan fingerprint density at radius 2 is 2.05 bits per heavy atom. The van der Waals surface area contributed by atoms with Crippen molar-refractivity contribution in [3.8, 4) is 0 Å². The summed E-state index contributed by atoms with van der Waals surface area (Å²) in [6, 6.07) is 5.28. The molecule has 1 unspecified atom stereocenters. The Balaban J connectivity index is 2.33. The van der Waals surface area contributed by atoms with Crippen LogP contribution >= 0.6 is 23.2 Å². The number of hydrogen-bond donors (Lipinski definition) is 1. The number of benzene rings is 1. The smallest absolute Gasteiger partial charge is 0.110 e. The molecule has 1 fully saturated rings. The molecule has 1 saturated heterocycles. The number of hydrogen-bond acceptors (Lipinski definition) is 3. The summed E-state index contributed by atoms with van der Waals surface area (Å²) < 4.78 is 11.2. The molecule has 3 nitrogen and oxygen atoms in total. The van der Waals surface area contributed by atoms with Gasteiger partial charge in [0.05, 0.1) is 10.0 Å². The van der Waals surface area contributed by atoms with E-state index in [2.05, 4.69) is 0 Å². The Kier molecular flexibility index (Phi) is 5.09. The zero-order valence-electron chi connectivity index (χ0n) is 10.9. The maximum Gasteiger partial charge on any atom is 0.110 e. The van der Waals surface area contributed by atoms with E-state index in [0.29, 0.717) is 48.3 Å². The van der Waals surface area contributed by atoms with E-state index in [-0.39, 0.29) is 0 Å². The van der Waals surface area contributed by atoms with Gasteiger partial charge in [0.2, 0.25) is 0 Å². The molecule has 0 amide bonds. The van der Waals surface area contributed by atoms with Crippen molar-refractivity contribution in [1.29, 1.82) is 0 Å². The lowest BCUT2D eigenvalue weighted by molar-refractivity contribution is -0.167. The third-order valence-corrected chi connectivity index (χ3v) is 4.38. The van der Waals surface area contributed by atoms with Crippen LogP contribution in [0, 0.1) is 0 Å². The van der Waals surface area contributed by atoms with Crippen LogP contribution < -0.4 is 0 Å². The van der Waals surface area contributed by atoms with Gasteiger partial charge in [-0.2, -0.15) is 0 Å². The summed E-state index contributed by atoms with van der Waals surface area (Å²) in [5.74, 6) is 0. The van der Waals surface area contributed by atoms with E-state index in [4.69, 9.17) is 32.7 Å². The monoisotopic (exact) mass is 304 g/mol. The predicted molar refractivity (Wildman–Crippen MR) is 75.8 cm³/mol. The molecule has 0 saturated carbocycles. The molecule has 0 radical (unpaired) electrons. The average molecular weight is 305 g/mol. The zero-order chi connectivity index (χ0) is 13.9. The van der Waals surface area contributed by atoms with E-state index in [1.807, 2.05) is 6.92 Å². The van der Waals surface area contributed by atoms with Crippen LogP contribution in [0.4, 0.5) is 0 Å². The lowest BCUT2D eigenvalue weighted by Gasteiger charge is -2.41. The Morgan fingerprint density at radius 3 is 2.68 bits per heavy atom. The Hall–Kier alpha value is -0.320. The van der Waals surface area contributed by atoms with Crippen molar-refractivity contribution in [2.75, 3.05) is 19.8 Å². The number of halogens is 2. The van der Waals surface area contributed by atoms with Crippen LogP contribution in [0.2, 0.25) is 10.0 Å². The zero-order valence-corrected chi connectivity index (χ0v) is 12.4. The molecule has 1 aromatic carbocycles. The summed E-state index contributed by atoms with van der Waals surface area (Å²) in [7, 11) is 0. The van der Waals surface area contributed by atoms with Crippen LogP contribution in [0.3, 0.4) is 0 Å². The van der Waals surface area contributed by atoms with Gasteiger partial charge in [-0.25, -0.2) is 0 Å². The number of aliphatic hydroxyl groups excluding tert-OH is 1. The molecule has 1 aliphatic heterocycles. The van der Waals surface area contributed by atoms with Crippen molar-refractivity contribution in [3.63, 3.8) is 0 Å². The Morgan fingerprint density at radius 1 is 1.37 bits per heavy atom. The van der Waals surface area contributed by atoms with Crippen LogP contribution in [-0.2, 0) is 9.47 Å². The molecule has 5 heteroatoms. The average Bonchev–Trinajstić information content (AvgIpc) is 2.42. The molecule has 0 bridgehead atoms. The van der Waals surface area contributed by atoms with E-state index in [1.54, 1.807) is 18.2 Å². The third kappa shape index (κ3) is 3.06. The summed E-state index contributed by atoms with van der Waals surface area (Å²) in [5.41, 5.74) is -0.0223. The van der Waals surface area contributed by atoms with Crippen LogP contribution in [-0.4, -0.2) is 30.5 Å². The van der Waals surface area contributed by atoms with Gasteiger partial charge in [-0.1, -0.05) is 35.3 Å². The third-order valence-electron chi connectivity index (χ3n) is 3.55. The fourth-order valence-corrected chi connectivity index (χ4v) is 2.93. The molecular weight excluding hydrogens is 287 g/mol. The van der Waals surface area contributed by atoms with Gasteiger partial charge in [0, 0.05) is 38.2 Å². The Labute approximate surface area is 123 Å². The van der Waals surface area contributed by atoms with Gasteiger partial charge in [0.1, 0.15) is 11.7 Å². The topological polar surface area (TPSA) is 38.7 Å². The van der Waals surface area contributed by atoms with Crippen LogP contribution in [0.15, 0.2) is 18.2 Å². The minimum absolute atomic E-state index is 0.391. The molecule has 1 atom stereocenters. The van der Waals surface area contributed by atoms with Crippen molar-refractivity contribution < 1.29 is 14.6 Å². The highest BCUT2D eigenvalue weighted by atomic mass is 35.5. The summed E-state index contributed by atoms with van der Waals surface area (Å²) in [6.45, 7) is 3.61. The fraction of sp³-hybridized carbons (Fsp3) is 0.571. The van der Waals surface area contributed by atoms with Gasteiger partial charge in [0.25, 0.3) is 0 Å². The van der Waals surface area contributed by atoms with Gasteiger partial charge < -0.3 is 14.6 Å². The maximum atomic E-state index is 10.7. The predicted octanol–water partition coefficient (Wildman–Crippen LogP) is 3.61. The second-order valence-electron chi connectivity index (χ2n) is 4.66. The van der Waals surface area contributed by atoms with Crippen LogP contribution in [0.25, 0.3) is 0 Å². The maximum absolute atomic E-state index is 10.7. The second-order valence-corrected chi connectivity index (χ2v) is 5.44. The summed E-state index contributed by atoms with van der Waals surface area (Å²) in [4.78, 5) is 0. The molecule has 2 rings (SSSR count). The normalized spacial score (nSPS) is 20.2. The molecule has 0 aromatic heterocycles. The summed E-state index contributed by atoms with van der Waals surface area (Å²) >= 11 is 12.2. The van der Waals surface area contributed by atoms with Crippen LogP contribution in [0.5, 0.6) is 0 Å². The summed E-state index contributed by atoms with van der Waals surface area (Å²) in [5, 5.41) is 11.5. The molecule has 19 heavy (non-hydrogen) atoms. The van der Waals surface area contributed by atoms with Crippen molar-refractivity contribution in [3.05, 3.63) is 33.8 Å².